The fourth-order valence-corrected chi connectivity index (χ4v) is 4.32. The third kappa shape index (κ3) is 4.58. The molecule has 0 aromatic heterocycles. The lowest BCUT2D eigenvalue weighted by Gasteiger charge is -2.40. The summed E-state index contributed by atoms with van der Waals surface area (Å²) in [5, 5.41) is 5.17. The Balaban J connectivity index is 1.63. The number of piperidine rings is 1. The van der Waals surface area contributed by atoms with Crippen LogP contribution in [0.5, 0.6) is 0 Å². The van der Waals surface area contributed by atoms with Crippen molar-refractivity contribution in [2.24, 2.45) is 5.14 Å². The lowest BCUT2D eigenvalue weighted by Crippen LogP contribution is -2.57. The number of nitrogens with two attached hydrogens (primary N) is 1. The predicted octanol–water partition coefficient (Wildman–Crippen LogP) is 0.389. The highest BCUT2D eigenvalue weighted by Crippen LogP contribution is 2.22. The Morgan fingerprint density at radius 1 is 1.04 bits per heavy atom. The van der Waals surface area contributed by atoms with Crippen molar-refractivity contribution in [2.75, 3.05) is 32.7 Å². The molecule has 0 spiro atoms. The standard InChI is InChI=1S/C17H26N4O3S/c18-25(23,24)21-12-10-19(11-13-21)17(22)16-8-4-5-9-20(16)14-15-6-2-1-3-7-15/h1-3,6-7,16H,4-5,8-14H2,(H2,18,23,24)/t16-/m1/s1. The Morgan fingerprint density at radius 3 is 2.36 bits per heavy atom. The van der Waals surface area contributed by atoms with Crippen LogP contribution in [0.15, 0.2) is 30.3 Å². The molecule has 1 atom stereocenters. The summed E-state index contributed by atoms with van der Waals surface area (Å²) < 4.78 is 24.1. The maximum Gasteiger partial charge on any atom is 0.277 e. The van der Waals surface area contributed by atoms with Gasteiger partial charge in [-0.15, -0.1) is 0 Å². The summed E-state index contributed by atoms with van der Waals surface area (Å²) in [6.07, 6.45) is 3.02. The molecule has 2 heterocycles. The molecule has 2 fully saturated rings. The minimum atomic E-state index is -3.67. The van der Waals surface area contributed by atoms with Gasteiger partial charge in [-0.3, -0.25) is 9.69 Å². The molecule has 1 aromatic rings. The maximum atomic E-state index is 13.0. The van der Waals surface area contributed by atoms with Crippen LogP contribution < -0.4 is 5.14 Å². The van der Waals surface area contributed by atoms with Gasteiger partial charge in [0.15, 0.2) is 0 Å². The van der Waals surface area contributed by atoms with Gasteiger partial charge in [0.1, 0.15) is 0 Å². The molecule has 25 heavy (non-hydrogen) atoms. The normalized spacial score (nSPS) is 23.6. The monoisotopic (exact) mass is 366 g/mol. The number of benzene rings is 1. The van der Waals surface area contributed by atoms with E-state index in [4.69, 9.17) is 5.14 Å². The average Bonchev–Trinajstić information content (AvgIpc) is 2.62. The molecule has 0 saturated carbocycles. The summed E-state index contributed by atoms with van der Waals surface area (Å²) in [4.78, 5) is 17.0. The first-order valence-electron chi connectivity index (χ1n) is 8.80. The van der Waals surface area contributed by atoms with Gasteiger partial charge in [-0.1, -0.05) is 36.8 Å². The van der Waals surface area contributed by atoms with Crippen LogP contribution in [0, 0.1) is 0 Å². The molecule has 7 nitrogen and oxygen atoms in total. The fraction of sp³-hybridized carbons (Fsp3) is 0.588. The van der Waals surface area contributed by atoms with Gasteiger partial charge in [0.25, 0.3) is 10.2 Å². The van der Waals surface area contributed by atoms with E-state index >= 15 is 0 Å². The number of carbonyl (C=O) groups is 1. The third-order valence-corrected chi connectivity index (χ3v) is 6.12. The number of piperazine rings is 1. The quantitative estimate of drug-likeness (QED) is 0.835. The van der Waals surface area contributed by atoms with E-state index in [1.165, 1.54) is 9.87 Å². The van der Waals surface area contributed by atoms with Crippen molar-refractivity contribution in [3.05, 3.63) is 35.9 Å². The van der Waals surface area contributed by atoms with Crippen molar-refractivity contribution in [2.45, 2.75) is 31.8 Å². The second-order valence-electron chi connectivity index (χ2n) is 6.74. The Hall–Kier alpha value is -1.48. The minimum absolute atomic E-state index is 0.115. The van der Waals surface area contributed by atoms with Gasteiger partial charge >= 0.3 is 0 Å². The number of carbonyl (C=O) groups excluding carboxylic acids is 1. The summed E-state index contributed by atoms with van der Waals surface area (Å²) in [6, 6.07) is 10.1. The van der Waals surface area contributed by atoms with Gasteiger partial charge < -0.3 is 4.90 Å². The van der Waals surface area contributed by atoms with Crippen LogP contribution in [0.1, 0.15) is 24.8 Å². The number of likely N-dealkylation sites (tertiary alicyclic amines) is 1. The smallest absolute Gasteiger partial charge is 0.277 e. The highest BCUT2D eigenvalue weighted by atomic mass is 32.2. The molecule has 2 N–H and O–H groups in total. The molecular formula is C17H26N4O3S. The summed E-state index contributed by atoms with van der Waals surface area (Å²) in [5.41, 5.74) is 1.21. The zero-order chi connectivity index (χ0) is 17.9. The van der Waals surface area contributed by atoms with Crippen molar-refractivity contribution in [1.29, 1.82) is 0 Å². The number of rotatable bonds is 4. The van der Waals surface area contributed by atoms with Crippen molar-refractivity contribution in [3.8, 4) is 0 Å². The summed E-state index contributed by atoms with van der Waals surface area (Å²) in [7, 11) is -3.67. The molecular weight excluding hydrogens is 340 g/mol. The van der Waals surface area contributed by atoms with Crippen LogP contribution in [0.3, 0.4) is 0 Å². The lowest BCUT2D eigenvalue weighted by molar-refractivity contribution is -0.139. The van der Waals surface area contributed by atoms with Crippen LogP contribution in [0.25, 0.3) is 0 Å². The van der Waals surface area contributed by atoms with E-state index in [-0.39, 0.29) is 25.0 Å². The first-order valence-corrected chi connectivity index (χ1v) is 10.3. The van der Waals surface area contributed by atoms with Crippen LogP contribution in [-0.4, -0.2) is 67.2 Å². The lowest BCUT2D eigenvalue weighted by atomic mass is 9.99. The van der Waals surface area contributed by atoms with E-state index in [1.807, 2.05) is 18.2 Å². The molecule has 138 valence electrons. The Kier molecular flexibility index (Phi) is 5.73. The molecule has 3 rings (SSSR count). The van der Waals surface area contributed by atoms with Crippen molar-refractivity contribution < 1.29 is 13.2 Å². The van der Waals surface area contributed by atoms with Gasteiger partial charge in [-0.05, 0) is 24.9 Å². The zero-order valence-electron chi connectivity index (χ0n) is 14.4. The number of nitrogens with zero attached hydrogens (tertiary/aromatic N) is 3. The van der Waals surface area contributed by atoms with Gasteiger partial charge in [-0.2, -0.15) is 12.7 Å². The highest BCUT2D eigenvalue weighted by molar-refractivity contribution is 7.86. The van der Waals surface area contributed by atoms with Gasteiger partial charge in [0, 0.05) is 32.7 Å². The first-order chi connectivity index (χ1) is 11.9. The second-order valence-corrected chi connectivity index (χ2v) is 8.28. The van der Waals surface area contributed by atoms with Crippen LogP contribution in [-0.2, 0) is 21.5 Å². The Labute approximate surface area is 149 Å². The van der Waals surface area contributed by atoms with E-state index in [0.29, 0.717) is 13.1 Å². The van der Waals surface area contributed by atoms with E-state index in [1.54, 1.807) is 4.90 Å². The molecule has 0 radical (unpaired) electrons. The molecule has 1 amide bonds. The van der Waals surface area contributed by atoms with Gasteiger partial charge in [-0.25, -0.2) is 5.14 Å². The summed E-state index contributed by atoms with van der Waals surface area (Å²) in [5.74, 6) is 0.115. The Bertz CT molecular complexity index is 687. The number of amides is 1. The average molecular weight is 366 g/mol. The van der Waals surface area contributed by atoms with E-state index in [9.17, 15) is 13.2 Å². The van der Waals surface area contributed by atoms with E-state index < -0.39 is 10.2 Å². The van der Waals surface area contributed by atoms with Gasteiger partial charge in [0.05, 0.1) is 6.04 Å². The molecule has 2 saturated heterocycles. The molecule has 0 unspecified atom stereocenters. The molecule has 2 aliphatic heterocycles. The molecule has 8 heteroatoms. The zero-order valence-corrected chi connectivity index (χ0v) is 15.2. The fourth-order valence-electron chi connectivity index (χ4n) is 3.65. The molecule has 2 aliphatic rings. The Morgan fingerprint density at radius 2 is 1.72 bits per heavy atom. The third-order valence-electron chi connectivity index (χ3n) is 5.04. The van der Waals surface area contributed by atoms with E-state index in [2.05, 4.69) is 17.0 Å². The van der Waals surface area contributed by atoms with Crippen molar-refractivity contribution in [1.82, 2.24) is 14.1 Å². The van der Waals surface area contributed by atoms with E-state index in [0.717, 1.165) is 32.4 Å². The maximum absolute atomic E-state index is 13.0. The topological polar surface area (TPSA) is 87.0 Å². The first kappa shape index (κ1) is 18.3. The van der Waals surface area contributed by atoms with Crippen LogP contribution in [0.4, 0.5) is 0 Å². The molecule has 0 bridgehead atoms. The van der Waals surface area contributed by atoms with Crippen LogP contribution >= 0.6 is 0 Å². The SMILES string of the molecule is NS(=O)(=O)N1CCN(C(=O)[C@H]2CCCCN2Cc2ccccc2)CC1. The predicted molar refractivity (Wildman–Crippen MR) is 95.8 cm³/mol. The number of hydrogen-bond acceptors (Lipinski definition) is 4. The minimum Gasteiger partial charge on any atom is -0.339 e. The van der Waals surface area contributed by atoms with Crippen molar-refractivity contribution in [3.63, 3.8) is 0 Å². The highest BCUT2D eigenvalue weighted by Gasteiger charge is 2.34. The largest absolute Gasteiger partial charge is 0.339 e. The summed E-state index contributed by atoms with van der Waals surface area (Å²) in [6.45, 7) is 3.05. The molecule has 0 aliphatic carbocycles. The van der Waals surface area contributed by atoms with Crippen LogP contribution in [0.2, 0.25) is 0 Å². The second kappa shape index (κ2) is 7.82. The number of hydrogen-bond donors (Lipinski definition) is 1. The molecule has 1 aromatic carbocycles. The van der Waals surface area contributed by atoms with Crippen molar-refractivity contribution >= 4 is 16.1 Å². The summed E-state index contributed by atoms with van der Waals surface area (Å²) >= 11 is 0. The van der Waals surface area contributed by atoms with Gasteiger partial charge in [0.2, 0.25) is 5.91 Å².